The maximum atomic E-state index is 2.83. The molecular formula is C21H33N. The van der Waals surface area contributed by atoms with Gasteiger partial charge in [-0.1, -0.05) is 75.3 Å². The fraction of sp³-hybridized carbons (Fsp3) is 0.714. The molecule has 3 rings (SSSR count). The van der Waals surface area contributed by atoms with Crippen molar-refractivity contribution in [3.8, 4) is 0 Å². The first kappa shape index (κ1) is 16.1. The first-order valence-electron chi connectivity index (χ1n) is 9.72. The molecule has 1 aliphatic heterocycles. The minimum absolute atomic E-state index is 0.803. The Bertz CT molecular complexity index is 395. The standard InChI is InChI=1S/C21H33N/c1-2-4-9-13-21(14-10-5-3-1)22-17-15-20(16-18-22)19-11-7-6-8-12-19/h6-8,11-12,20-21H,1-5,9-10,13-18H2. The molecule has 1 heteroatoms. The van der Waals surface area contributed by atoms with E-state index < -0.39 is 0 Å². The molecule has 1 saturated heterocycles. The summed E-state index contributed by atoms with van der Waals surface area (Å²) in [6.45, 7) is 2.65. The highest BCUT2D eigenvalue weighted by molar-refractivity contribution is 5.20. The van der Waals surface area contributed by atoms with Crippen molar-refractivity contribution in [2.24, 2.45) is 0 Å². The van der Waals surface area contributed by atoms with Gasteiger partial charge in [0.1, 0.15) is 0 Å². The SMILES string of the molecule is c1ccc(C2CCN(C3CCCCCCCCC3)CC2)cc1. The van der Waals surface area contributed by atoms with Crippen molar-refractivity contribution in [3.05, 3.63) is 35.9 Å². The van der Waals surface area contributed by atoms with Crippen LogP contribution in [0.2, 0.25) is 0 Å². The average Bonchev–Trinajstić information content (AvgIpc) is 2.60. The highest BCUT2D eigenvalue weighted by atomic mass is 15.2. The van der Waals surface area contributed by atoms with Crippen LogP contribution in [0, 0.1) is 0 Å². The zero-order valence-corrected chi connectivity index (χ0v) is 14.2. The summed E-state index contributed by atoms with van der Waals surface area (Å²) in [6, 6.07) is 12.1. The summed E-state index contributed by atoms with van der Waals surface area (Å²) in [6.07, 6.45) is 15.9. The third-order valence-electron chi connectivity index (χ3n) is 5.89. The number of hydrogen-bond acceptors (Lipinski definition) is 1. The van der Waals surface area contributed by atoms with Gasteiger partial charge in [-0.05, 0) is 50.3 Å². The van der Waals surface area contributed by atoms with Crippen LogP contribution in [0.5, 0.6) is 0 Å². The molecule has 1 saturated carbocycles. The van der Waals surface area contributed by atoms with Crippen LogP contribution in [0.3, 0.4) is 0 Å². The van der Waals surface area contributed by atoms with Crippen LogP contribution in [0.1, 0.15) is 82.1 Å². The lowest BCUT2D eigenvalue weighted by Gasteiger charge is -2.38. The predicted molar refractivity (Wildman–Crippen MR) is 95.3 cm³/mol. The van der Waals surface area contributed by atoms with Gasteiger partial charge in [0.25, 0.3) is 0 Å². The molecule has 22 heavy (non-hydrogen) atoms. The molecule has 0 N–H and O–H groups in total. The molecule has 1 aromatic carbocycles. The monoisotopic (exact) mass is 299 g/mol. The molecule has 0 radical (unpaired) electrons. The highest BCUT2D eigenvalue weighted by Gasteiger charge is 2.25. The first-order chi connectivity index (χ1) is 10.9. The smallest absolute Gasteiger partial charge is 0.00952 e. The Balaban J connectivity index is 1.50. The molecule has 0 amide bonds. The van der Waals surface area contributed by atoms with Gasteiger partial charge in [0, 0.05) is 6.04 Å². The number of hydrogen-bond donors (Lipinski definition) is 0. The third kappa shape index (κ3) is 4.59. The van der Waals surface area contributed by atoms with Crippen LogP contribution in [0.25, 0.3) is 0 Å². The van der Waals surface area contributed by atoms with Crippen LogP contribution in [-0.2, 0) is 0 Å². The van der Waals surface area contributed by atoms with Gasteiger partial charge in [0.15, 0.2) is 0 Å². The second kappa shape index (κ2) is 8.72. The highest BCUT2D eigenvalue weighted by Crippen LogP contribution is 2.31. The van der Waals surface area contributed by atoms with Crippen LogP contribution in [0.15, 0.2) is 30.3 Å². The van der Waals surface area contributed by atoms with Crippen LogP contribution >= 0.6 is 0 Å². The molecule has 0 bridgehead atoms. The summed E-state index contributed by atoms with van der Waals surface area (Å²) in [5.74, 6) is 0.803. The lowest BCUT2D eigenvalue weighted by molar-refractivity contribution is 0.132. The Labute approximate surface area is 137 Å². The van der Waals surface area contributed by atoms with Crippen molar-refractivity contribution in [1.29, 1.82) is 0 Å². The molecule has 2 fully saturated rings. The van der Waals surface area contributed by atoms with Gasteiger partial charge in [-0.25, -0.2) is 0 Å². The van der Waals surface area contributed by atoms with E-state index in [-0.39, 0.29) is 0 Å². The molecule has 122 valence electrons. The largest absolute Gasteiger partial charge is 0.300 e. The Morgan fingerprint density at radius 3 is 1.77 bits per heavy atom. The summed E-state index contributed by atoms with van der Waals surface area (Å²) < 4.78 is 0. The van der Waals surface area contributed by atoms with E-state index >= 15 is 0 Å². The maximum absolute atomic E-state index is 2.83. The fourth-order valence-electron chi connectivity index (χ4n) is 4.48. The Morgan fingerprint density at radius 2 is 1.18 bits per heavy atom. The minimum Gasteiger partial charge on any atom is -0.300 e. The van der Waals surface area contributed by atoms with E-state index in [1.54, 1.807) is 5.56 Å². The molecule has 1 aliphatic carbocycles. The van der Waals surface area contributed by atoms with Crippen LogP contribution in [-0.4, -0.2) is 24.0 Å². The lowest BCUT2D eigenvalue weighted by Crippen LogP contribution is -2.41. The molecule has 0 atom stereocenters. The third-order valence-corrected chi connectivity index (χ3v) is 5.89. The molecule has 1 heterocycles. The Hall–Kier alpha value is -0.820. The number of nitrogens with zero attached hydrogens (tertiary/aromatic N) is 1. The zero-order chi connectivity index (χ0) is 15.0. The molecular weight excluding hydrogens is 266 g/mol. The van der Waals surface area contributed by atoms with Gasteiger partial charge in [-0.15, -0.1) is 0 Å². The first-order valence-corrected chi connectivity index (χ1v) is 9.72. The summed E-state index contributed by atoms with van der Waals surface area (Å²) >= 11 is 0. The zero-order valence-electron chi connectivity index (χ0n) is 14.2. The van der Waals surface area contributed by atoms with Gasteiger partial charge in [0.05, 0.1) is 0 Å². The molecule has 1 nitrogen and oxygen atoms in total. The van der Waals surface area contributed by atoms with Gasteiger partial charge >= 0.3 is 0 Å². The fourth-order valence-corrected chi connectivity index (χ4v) is 4.48. The normalized spacial score (nSPS) is 24.2. The second-order valence-electron chi connectivity index (χ2n) is 7.43. The van der Waals surface area contributed by atoms with E-state index in [0.717, 1.165) is 12.0 Å². The number of piperidine rings is 1. The predicted octanol–water partition coefficient (Wildman–Crippen LogP) is 5.76. The molecule has 0 spiro atoms. The van der Waals surface area contributed by atoms with Gasteiger partial charge < -0.3 is 4.90 Å². The van der Waals surface area contributed by atoms with Crippen molar-refractivity contribution < 1.29 is 0 Å². The topological polar surface area (TPSA) is 3.24 Å². The van der Waals surface area contributed by atoms with E-state index in [1.165, 1.54) is 83.7 Å². The van der Waals surface area contributed by atoms with Crippen molar-refractivity contribution >= 4 is 0 Å². The van der Waals surface area contributed by atoms with E-state index in [2.05, 4.69) is 35.2 Å². The van der Waals surface area contributed by atoms with Crippen LogP contribution in [0.4, 0.5) is 0 Å². The van der Waals surface area contributed by atoms with Gasteiger partial charge in [-0.3, -0.25) is 0 Å². The van der Waals surface area contributed by atoms with Crippen molar-refractivity contribution in [1.82, 2.24) is 4.90 Å². The van der Waals surface area contributed by atoms with Gasteiger partial charge in [-0.2, -0.15) is 0 Å². The lowest BCUT2D eigenvalue weighted by atomic mass is 9.87. The summed E-state index contributed by atoms with van der Waals surface area (Å²) in [5.41, 5.74) is 1.56. The average molecular weight is 300 g/mol. The number of benzene rings is 1. The van der Waals surface area contributed by atoms with Crippen LogP contribution < -0.4 is 0 Å². The summed E-state index contributed by atoms with van der Waals surface area (Å²) in [4.78, 5) is 2.83. The van der Waals surface area contributed by atoms with E-state index in [1.807, 2.05) is 0 Å². The van der Waals surface area contributed by atoms with Gasteiger partial charge in [0.2, 0.25) is 0 Å². The summed E-state index contributed by atoms with van der Waals surface area (Å²) in [7, 11) is 0. The van der Waals surface area contributed by atoms with Crippen molar-refractivity contribution in [2.75, 3.05) is 13.1 Å². The number of rotatable bonds is 2. The number of likely N-dealkylation sites (tertiary alicyclic amines) is 1. The summed E-state index contributed by atoms with van der Waals surface area (Å²) in [5, 5.41) is 0. The minimum atomic E-state index is 0.803. The quantitative estimate of drug-likeness (QED) is 0.671. The van der Waals surface area contributed by atoms with E-state index in [0.29, 0.717) is 0 Å². The second-order valence-corrected chi connectivity index (χ2v) is 7.43. The van der Waals surface area contributed by atoms with Crippen molar-refractivity contribution in [2.45, 2.75) is 82.6 Å². The van der Waals surface area contributed by atoms with E-state index in [4.69, 9.17) is 0 Å². The molecule has 1 aromatic rings. The maximum Gasteiger partial charge on any atom is 0.00952 e. The Kier molecular flexibility index (Phi) is 6.36. The van der Waals surface area contributed by atoms with Crippen molar-refractivity contribution in [3.63, 3.8) is 0 Å². The Morgan fingerprint density at radius 1 is 0.636 bits per heavy atom. The molecule has 0 unspecified atom stereocenters. The molecule has 2 aliphatic rings. The van der Waals surface area contributed by atoms with E-state index in [9.17, 15) is 0 Å². The molecule has 0 aromatic heterocycles.